The molecule has 6 heteroatoms. The number of carboxylic acid groups (broad SMARTS) is 1. The minimum atomic E-state index is -0.968. The van der Waals surface area contributed by atoms with E-state index in [1.54, 1.807) is 21.9 Å². The van der Waals surface area contributed by atoms with Gasteiger partial charge in [-0.15, -0.1) is 0 Å². The van der Waals surface area contributed by atoms with Crippen molar-refractivity contribution in [2.45, 2.75) is 25.9 Å². The molecule has 1 saturated heterocycles. The van der Waals surface area contributed by atoms with Gasteiger partial charge in [0, 0.05) is 32.6 Å². The van der Waals surface area contributed by atoms with Crippen molar-refractivity contribution in [3.63, 3.8) is 0 Å². The maximum Gasteiger partial charge on any atom is 0.335 e. The van der Waals surface area contributed by atoms with E-state index in [1.165, 1.54) is 0 Å². The number of carboxylic acids is 1. The van der Waals surface area contributed by atoms with Crippen molar-refractivity contribution < 1.29 is 19.5 Å². The van der Waals surface area contributed by atoms with Gasteiger partial charge in [0.25, 0.3) is 0 Å². The summed E-state index contributed by atoms with van der Waals surface area (Å²) in [5.41, 5.74) is 3.25. The van der Waals surface area contributed by atoms with Gasteiger partial charge in [0.05, 0.1) is 11.5 Å². The Morgan fingerprint density at radius 2 is 1.86 bits per heavy atom. The summed E-state index contributed by atoms with van der Waals surface area (Å²) in [6.07, 6.45) is 0.944. The van der Waals surface area contributed by atoms with Crippen molar-refractivity contribution in [1.82, 2.24) is 9.80 Å². The Morgan fingerprint density at radius 1 is 1.07 bits per heavy atom. The highest BCUT2D eigenvalue weighted by molar-refractivity contribution is 5.90. The van der Waals surface area contributed by atoms with E-state index in [2.05, 4.69) is 0 Å². The Balaban J connectivity index is 1.43. The molecule has 4 rings (SSSR count). The van der Waals surface area contributed by atoms with Crippen LogP contribution in [0.15, 0.2) is 48.5 Å². The first-order chi connectivity index (χ1) is 13.5. The highest BCUT2D eigenvalue weighted by Gasteiger charge is 2.37. The van der Waals surface area contributed by atoms with Gasteiger partial charge in [-0.05, 0) is 35.2 Å². The molecule has 0 radical (unpaired) electrons. The van der Waals surface area contributed by atoms with Crippen LogP contribution in [0.4, 0.5) is 0 Å². The van der Waals surface area contributed by atoms with Crippen molar-refractivity contribution in [2.24, 2.45) is 5.92 Å². The Morgan fingerprint density at radius 3 is 2.61 bits per heavy atom. The van der Waals surface area contributed by atoms with Gasteiger partial charge < -0.3 is 14.9 Å². The third-order valence-electron chi connectivity index (χ3n) is 5.56. The van der Waals surface area contributed by atoms with E-state index in [0.717, 1.165) is 16.7 Å². The van der Waals surface area contributed by atoms with E-state index in [0.29, 0.717) is 32.6 Å². The predicted octanol–water partition coefficient (Wildman–Crippen LogP) is 2.32. The van der Waals surface area contributed by atoms with E-state index in [-0.39, 0.29) is 29.7 Å². The van der Waals surface area contributed by atoms with Gasteiger partial charge in [-0.2, -0.15) is 0 Å². The van der Waals surface area contributed by atoms with Gasteiger partial charge in [0.15, 0.2) is 0 Å². The third-order valence-corrected chi connectivity index (χ3v) is 5.56. The molecule has 1 atom stereocenters. The van der Waals surface area contributed by atoms with Gasteiger partial charge in [0.1, 0.15) is 0 Å². The number of likely N-dealkylation sites (tertiary alicyclic amines) is 1. The number of aromatic carboxylic acids is 1. The number of rotatable bonds is 4. The number of benzene rings is 2. The van der Waals surface area contributed by atoms with E-state index < -0.39 is 5.97 Å². The number of fused-ring (bicyclic) bond motifs is 1. The minimum absolute atomic E-state index is 0.00720. The SMILES string of the molecule is O=C(O)c1ccc2c(c1)CN(C(=O)C1CC(=O)N(Cc3ccccc3)C1)CC2. The summed E-state index contributed by atoms with van der Waals surface area (Å²) in [6, 6.07) is 14.9. The molecule has 0 saturated carbocycles. The van der Waals surface area contributed by atoms with Crippen LogP contribution in [0.2, 0.25) is 0 Å². The van der Waals surface area contributed by atoms with Crippen molar-refractivity contribution in [3.8, 4) is 0 Å². The van der Waals surface area contributed by atoms with Crippen LogP contribution in [-0.2, 0) is 29.1 Å². The summed E-state index contributed by atoms with van der Waals surface area (Å²) in [5.74, 6) is -1.31. The zero-order valence-corrected chi connectivity index (χ0v) is 15.5. The molecule has 0 aliphatic carbocycles. The molecule has 2 aromatic rings. The van der Waals surface area contributed by atoms with Crippen molar-refractivity contribution in [1.29, 1.82) is 0 Å². The van der Waals surface area contributed by atoms with Crippen LogP contribution in [0.3, 0.4) is 0 Å². The topological polar surface area (TPSA) is 77.9 Å². The van der Waals surface area contributed by atoms with Crippen LogP contribution in [0.25, 0.3) is 0 Å². The second-order valence-electron chi connectivity index (χ2n) is 7.46. The Kier molecular flexibility index (Phi) is 4.86. The summed E-state index contributed by atoms with van der Waals surface area (Å²) < 4.78 is 0. The molecule has 0 spiro atoms. The van der Waals surface area contributed by atoms with Crippen LogP contribution in [0.5, 0.6) is 0 Å². The smallest absolute Gasteiger partial charge is 0.335 e. The van der Waals surface area contributed by atoms with Crippen molar-refractivity contribution in [3.05, 3.63) is 70.8 Å². The lowest BCUT2D eigenvalue weighted by atomic mass is 9.96. The van der Waals surface area contributed by atoms with Crippen molar-refractivity contribution in [2.75, 3.05) is 13.1 Å². The summed E-state index contributed by atoms with van der Waals surface area (Å²) in [5, 5.41) is 9.19. The summed E-state index contributed by atoms with van der Waals surface area (Å²) in [6.45, 7) is 1.96. The number of amides is 2. The minimum Gasteiger partial charge on any atom is -0.478 e. The highest BCUT2D eigenvalue weighted by Crippen LogP contribution is 2.26. The van der Waals surface area contributed by atoms with Gasteiger partial charge in [0.2, 0.25) is 11.8 Å². The van der Waals surface area contributed by atoms with E-state index in [4.69, 9.17) is 0 Å². The fourth-order valence-electron chi connectivity index (χ4n) is 4.03. The number of nitrogens with zero attached hydrogens (tertiary/aromatic N) is 2. The summed E-state index contributed by atoms with van der Waals surface area (Å²) >= 11 is 0. The maximum absolute atomic E-state index is 13.0. The first kappa shape index (κ1) is 18.2. The molecule has 0 bridgehead atoms. The molecule has 6 nitrogen and oxygen atoms in total. The molecule has 1 N–H and O–H groups in total. The quantitative estimate of drug-likeness (QED) is 0.886. The maximum atomic E-state index is 13.0. The van der Waals surface area contributed by atoms with E-state index in [9.17, 15) is 19.5 Å². The Hall–Kier alpha value is -3.15. The van der Waals surface area contributed by atoms with E-state index in [1.807, 2.05) is 36.4 Å². The lowest BCUT2D eigenvalue weighted by Gasteiger charge is -2.31. The van der Waals surface area contributed by atoms with Crippen LogP contribution in [0, 0.1) is 5.92 Å². The zero-order chi connectivity index (χ0) is 19.7. The van der Waals surface area contributed by atoms with Crippen LogP contribution < -0.4 is 0 Å². The molecular weight excluding hydrogens is 356 g/mol. The number of hydrogen-bond acceptors (Lipinski definition) is 3. The van der Waals surface area contributed by atoms with Crippen LogP contribution in [0.1, 0.15) is 33.5 Å². The lowest BCUT2D eigenvalue weighted by Crippen LogP contribution is -2.40. The molecule has 2 heterocycles. The lowest BCUT2D eigenvalue weighted by molar-refractivity contribution is -0.136. The van der Waals surface area contributed by atoms with Gasteiger partial charge in [-0.3, -0.25) is 9.59 Å². The van der Waals surface area contributed by atoms with Gasteiger partial charge >= 0.3 is 5.97 Å². The summed E-state index contributed by atoms with van der Waals surface area (Å²) in [7, 11) is 0. The first-order valence-corrected chi connectivity index (χ1v) is 9.47. The highest BCUT2D eigenvalue weighted by atomic mass is 16.4. The zero-order valence-electron chi connectivity index (χ0n) is 15.5. The average molecular weight is 378 g/mol. The average Bonchev–Trinajstić information content (AvgIpc) is 3.07. The van der Waals surface area contributed by atoms with Gasteiger partial charge in [-0.25, -0.2) is 4.79 Å². The molecule has 2 aromatic carbocycles. The molecular formula is C22H22N2O4. The fourth-order valence-corrected chi connectivity index (χ4v) is 4.03. The standard InChI is InChI=1S/C22H22N2O4/c25-20-11-19(14-24(20)12-15-4-2-1-3-5-15)21(26)23-9-8-16-6-7-17(22(27)28)10-18(16)13-23/h1-7,10,19H,8-9,11-14H2,(H,27,28). The van der Waals surface area contributed by atoms with Crippen molar-refractivity contribution >= 4 is 17.8 Å². The molecule has 144 valence electrons. The van der Waals surface area contributed by atoms with E-state index >= 15 is 0 Å². The molecule has 28 heavy (non-hydrogen) atoms. The normalized spacial score (nSPS) is 18.9. The Bertz CT molecular complexity index is 925. The molecule has 1 unspecified atom stereocenters. The van der Waals surface area contributed by atoms with Crippen LogP contribution in [-0.4, -0.2) is 45.8 Å². The molecule has 0 aromatic heterocycles. The molecule has 2 aliphatic rings. The van der Waals surface area contributed by atoms with Crippen LogP contribution >= 0.6 is 0 Å². The number of hydrogen-bond donors (Lipinski definition) is 1. The Labute approximate surface area is 163 Å². The first-order valence-electron chi connectivity index (χ1n) is 9.47. The second-order valence-corrected chi connectivity index (χ2v) is 7.46. The largest absolute Gasteiger partial charge is 0.478 e. The predicted molar refractivity (Wildman–Crippen MR) is 102 cm³/mol. The number of carbonyl (C=O) groups is 3. The third kappa shape index (κ3) is 3.63. The second kappa shape index (κ2) is 7.46. The molecule has 2 aliphatic heterocycles. The van der Waals surface area contributed by atoms with Gasteiger partial charge in [-0.1, -0.05) is 36.4 Å². The molecule has 1 fully saturated rings. The fraction of sp³-hybridized carbons (Fsp3) is 0.318. The summed E-state index contributed by atoms with van der Waals surface area (Å²) in [4.78, 5) is 40.1. The molecule has 2 amide bonds. The monoisotopic (exact) mass is 378 g/mol. The number of carbonyl (C=O) groups excluding carboxylic acids is 2.